The molecular weight excluding hydrogens is 680 g/mol. The number of imidazole rings is 1. The Labute approximate surface area is 260 Å². The van der Waals surface area contributed by atoms with Crippen molar-refractivity contribution in [2.45, 2.75) is 49.8 Å². The number of nitrogen functional groups attached to an aromatic ring is 2. The molecule has 3 fully saturated rings. The molecule has 0 spiro atoms. The minimum absolute atomic E-state index is 0.0199. The van der Waals surface area contributed by atoms with Gasteiger partial charge in [0.25, 0.3) is 5.56 Å². The quantitative estimate of drug-likeness (QED) is 0.123. The molecule has 10 atom stereocenters. The van der Waals surface area contributed by atoms with Crippen molar-refractivity contribution in [3.05, 3.63) is 27.9 Å². The summed E-state index contributed by atoms with van der Waals surface area (Å²) < 4.78 is 66.7. The number of nitrogens with two attached hydrogens (primary N) is 2. The molecule has 7 heterocycles. The number of phosphoric acid groups is 1. The van der Waals surface area contributed by atoms with Crippen molar-refractivity contribution in [1.29, 1.82) is 0 Å². The molecule has 7 N–H and O–H groups in total. The number of H-pyrrole nitrogens is 1. The van der Waals surface area contributed by atoms with Crippen LogP contribution in [0.1, 0.15) is 24.1 Å². The number of aliphatic hydroxyl groups excluding tert-OH is 1. The molecule has 4 aromatic heterocycles. The normalized spacial score (nSPS) is 37.7. The summed E-state index contributed by atoms with van der Waals surface area (Å²) in [6, 6.07) is 0. The Kier molecular flexibility index (Phi) is 7.78. The summed E-state index contributed by atoms with van der Waals surface area (Å²) in [5.41, 5.74) is 11.6. The van der Waals surface area contributed by atoms with Crippen molar-refractivity contribution in [2.75, 3.05) is 24.7 Å². The number of phosphoric ester groups is 1. The topological polar surface area (TPSA) is 284 Å². The monoisotopic (exact) mass is 705 g/mol. The van der Waals surface area contributed by atoms with Crippen LogP contribution in [0, 0.1) is 5.92 Å². The Hall–Kier alpha value is -2.59. The number of aliphatic hydroxyl groups is 1. The maximum Gasteiger partial charge on any atom is 0.472 e. The number of nitrogens with zero attached hydrogens (tertiary/aromatic N) is 6. The highest BCUT2D eigenvalue weighted by Gasteiger charge is 2.53. The van der Waals surface area contributed by atoms with Crippen LogP contribution in [0.5, 0.6) is 0 Å². The molecule has 0 aromatic carbocycles. The summed E-state index contributed by atoms with van der Waals surface area (Å²) in [4.78, 5) is 42.1. The molecule has 7 rings (SSSR count). The number of hydrogen-bond acceptors (Lipinski definition) is 18. The van der Waals surface area contributed by atoms with Gasteiger partial charge in [-0.2, -0.15) is 9.36 Å². The van der Waals surface area contributed by atoms with Crippen LogP contribution in [0.3, 0.4) is 0 Å². The first-order chi connectivity index (χ1) is 21.3. The van der Waals surface area contributed by atoms with Gasteiger partial charge in [-0.15, -0.1) is 0 Å². The Bertz CT molecular complexity index is 1940. The first kappa shape index (κ1) is 31.0. The number of ether oxygens (including phenoxy) is 2. The van der Waals surface area contributed by atoms with Gasteiger partial charge >= 0.3 is 14.6 Å². The fourth-order valence-electron chi connectivity index (χ4n) is 5.45. The number of hydrogen-bond donors (Lipinski definition) is 6. The number of anilines is 2. The second kappa shape index (κ2) is 11.3. The van der Waals surface area contributed by atoms with Gasteiger partial charge in [-0.1, -0.05) is 19.2 Å². The number of thiol groups is 1. The van der Waals surface area contributed by atoms with Gasteiger partial charge in [0.05, 0.1) is 30.5 Å². The summed E-state index contributed by atoms with van der Waals surface area (Å²) in [5.74, 6) is -0.773. The molecule has 24 heteroatoms. The summed E-state index contributed by atoms with van der Waals surface area (Å²) in [7, 11) is -4.90. The van der Waals surface area contributed by atoms with Crippen LogP contribution in [0.15, 0.2) is 17.4 Å². The molecule has 3 aliphatic rings. The van der Waals surface area contributed by atoms with Crippen LogP contribution in [0.25, 0.3) is 22.2 Å². The van der Waals surface area contributed by atoms with Crippen LogP contribution in [0.2, 0.25) is 0 Å². The van der Waals surface area contributed by atoms with E-state index in [2.05, 4.69) is 41.5 Å². The zero-order chi connectivity index (χ0) is 31.8. The Morgan fingerprint density at radius 2 is 1.84 bits per heavy atom. The van der Waals surface area contributed by atoms with E-state index in [1.165, 1.54) is 17.2 Å². The number of aromatic nitrogens is 7. The molecule has 1 unspecified atom stereocenters. The Balaban J connectivity index is 1.21. The van der Waals surface area contributed by atoms with E-state index in [1.807, 2.05) is 0 Å². The molecule has 242 valence electrons. The van der Waals surface area contributed by atoms with Crippen LogP contribution >= 0.6 is 38.4 Å². The second-order valence-electron chi connectivity index (χ2n) is 10.5. The summed E-state index contributed by atoms with van der Waals surface area (Å²) in [6.07, 6.45) is -6.17. The van der Waals surface area contributed by atoms with Crippen molar-refractivity contribution in [1.82, 2.24) is 33.9 Å². The zero-order valence-electron chi connectivity index (χ0n) is 22.8. The van der Waals surface area contributed by atoms with Gasteiger partial charge in [-0.3, -0.25) is 32.4 Å². The van der Waals surface area contributed by atoms with Crippen molar-refractivity contribution in [2.24, 2.45) is 5.92 Å². The molecule has 0 saturated carbocycles. The standard InChI is InChI=1S/C21H25N9O11P2S2/c1-6-7-2-37-43(35,44)41-14-8(38-15(12(14)31)16-9-10(29-45-16)17(22)25-4-24-9)3-36-42(33,34)40-13(6)20(39-7)30-5-26-11-18(30)27-21(23)28-19(11)32/h4-8,12-15,20,31H,2-3H2,1H3,(H,33,34)(H,35,44)(H2,22,24,25)(H3,23,27,28,32)/t6-,7-,8-,12-,13-,14-,15-,20-,43+/m1/s1. The van der Waals surface area contributed by atoms with Crippen molar-refractivity contribution in [3.8, 4) is 0 Å². The van der Waals surface area contributed by atoms with E-state index in [9.17, 15) is 23.9 Å². The first-order valence-electron chi connectivity index (χ1n) is 13.2. The molecule has 3 aliphatic heterocycles. The molecule has 0 amide bonds. The van der Waals surface area contributed by atoms with Crippen LogP contribution in [0.4, 0.5) is 11.8 Å². The van der Waals surface area contributed by atoms with E-state index in [4.69, 9.17) is 39.0 Å². The fraction of sp³-hybridized carbons (Fsp3) is 0.524. The molecule has 0 radical (unpaired) electrons. The molecule has 0 aliphatic carbocycles. The lowest BCUT2D eigenvalue weighted by Gasteiger charge is -2.26. The van der Waals surface area contributed by atoms with Gasteiger partial charge in [-0.25, -0.2) is 24.1 Å². The SMILES string of the molecule is C[C@H]1[C@H]2OP(=O)(O)OC[C@H]3O[C@@H](c4snc5c(N)ncnc45)[C@H](O)[C@@H]3O[P@@](=O)(S)OC[C@H]1O[C@H]2n1cnc2c(=O)[nH]c(N)nc21. The van der Waals surface area contributed by atoms with Crippen LogP contribution < -0.4 is 17.0 Å². The third-order valence-electron chi connectivity index (χ3n) is 7.65. The third-order valence-corrected chi connectivity index (χ3v) is 11.1. The molecular formula is C21H25N9O11P2S2. The smallest absolute Gasteiger partial charge is 0.387 e. The van der Waals surface area contributed by atoms with E-state index in [0.29, 0.717) is 10.4 Å². The van der Waals surface area contributed by atoms with Crippen molar-refractivity contribution in [3.63, 3.8) is 0 Å². The Morgan fingerprint density at radius 3 is 2.64 bits per heavy atom. The second-order valence-corrected chi connectivity index (χ2v) is 15.5. The molecule has 2 bridgehead atoms. The minimum atomic E-state index is -4.90. The van der Waals surface area contributed by atoms with Gasteiger partial charge in [0, 0.05) is 5.92 Å². The third kappa shape index (κ3) is 5.57. The Morgan fingerprint density at radius 1 is 1.07 bits per heavy atom. The lowest BCUT2D eigenvalue weighted by atomic mass is 10.0. The average Bonchev–Trinajstić information content (AvgIpc) is 3.72. The predicted octanol–water partition coefficient (Wildman–Crippen LogP) is 0.674. The average molecular weight is 706 g/mol. The highest BCUT2D eigenvalue weighted by atomic mass is 32.7. The van der Waals surface area contributed by atoms with Crippen molar-refractivity contribution < 1.29 is 46.7 Å². The van der Waals surface area contributed by atoms with Gasteiger partial charge in [0.15, 0.2) is 23.2 Å². The summed E-state index contributed by atoms with van der Waals surface area (Å²) in [6.45, 7) is -3.65. The first-order valence-corrected chi connectivity index (χ1v) is 18.2. The summed E-state index contributed by atoms with van der Waals surface area (Å²) in [5, 5.41) is 11.3. The van der Waals surface area contributed by atoms with Gasteiger partial charge < -0.3 is 30.9 Å². The van der Waals surface area contributed by atoms with E-state index >= 15 is 0 Å². The summed E-state index contributed by atoms with van der Waals surface area (Å²) >= 11 is 5.05. The van der Waals surface area contributed by atoms with Crippen molar-refractivity contribution >= 4 is 72.4 Å². The van der Waals surface area contributed by atoms with Gasteiger partial charge in [-0.05, 0) is 11.5 Å². The molecule has 20 nitrogen and oxygen atoms in total. The number of rotatable bonds is 2. The van der Waals surface area contributed by atoms with E-state index in [1.54, 1.807) is 6.92 Å². The predicted molar refractivity (Wildman–Crippen MR) is 157 cm³/mol. The largest absolute Gasteiger partial charge is 0.472 e. The van der Waals surface area contributed by atoms with E-state index in [0.717, 1.165) is 11.5 Å². The van der Waals surface area contributed by atoms with E-state index in [-0.39, 0.29) is 35.1 Å². The molecule has 3 saturated heterocycles. The highest BCUT2D eigenvalue weighted by molar-refractivity contribution is 8.44. The van der Waals surface area contributed by atoms with Crippen LogP contribution in [-0.2, 0) is 36.7 Å². The van der Waals surface area contributed by atoms with Gasteiger partial charge in [0.1, 0.15) is 47.9 Å². The molecule has 45 heavy (non-hydrogen) atoms. The lowest BCUT2D eigenvalue weighted by molar-refractivity contribution is -0.0578. The maximum absolute atomic E-state index is 13.5. The zero-order valence-corrected chi connectivity index (χ0v) is 26.3. The maximum atomic E-state index is 13.5. The minimum Gasteiger partial charge on any atom is -0.387 e. The van der Waals surface area contributed by atoms with E-state index < -0.39 is 75.6 Å². The van der Waals surface area contributed by atoms with Crippen LogP contribution in [-0.4, -0.2) is 87.6 Å². The lowest BCUT2D eigenvalue weighted by Crippen LogP contribution is -2.35. The number of aromatic amines is 1. The number of nitrogens with one attached hydrogen (secondary N) is 1. The fourth-order valence-corrected chi connectivity index (χ4v) is 8.85. The number of fused-ring (bicyclic) bond motifs is 5. The molecule has 4 aromatic rings. The highest BCUT2D eigenvalue weighted by Crippen LogP contribution is 2.59. The van der Waals surface area contributed by atoms with Gasteiger partial charge in [0.2, 0.25) is 5.95 Å².